The molecule has 8 heteroatoms. The number of likely N-dealkylation sites (N-methyl/N-ethyl adjacent to an activating group) is 1. The molecule has 0 atom stereocenters. The van der Waals surface area contributed by atoms with E-state index in [1.54, 1.807) is 24.3 Å². The van der Waals surface area contributed by atoms with E-state index >= 15 is 0 Å². The Bertz CT molecular complexity index is 687. The number of amides is 2. The number of ether oxygens (including phenoxy) is 1. The first-order chi connectivity index (χ1) is 14.5. The summed E-state index contributed by atoms with van der Waals surface area (Å²) in [5, 5.41) is 13.0. The normalized spacial score (nSPS) is 13.6. The maximum Gasteiger partial charge on any atom is 0.303 e. The van der Waals surface area contributed by atoms with Crippen LogP contribution in [-0.2, 0) is 14.4 Å². The number of carboxylic acids is 1. The Balaban J connectivity index is 1.69. The van der Waals surface area contributed by atoms with Gasteiger partial charge in [0.05, 0.1) is 13.2 Å². The van der Waals surface area contributed by atoms with Crippen molar-refractivity contribution in [2.75, 3.05) is 25.0 Å². The van der Waals surface area contributed by atoms with Crippen LogP contribution in [0.5, 0.6) is 5.75 Å². The average molecular weight is 420 g/mol. The molecule has 0 spiro atoms. The second-order valence-corrected chi connectivity index (χ2v) is 7.59. The number of aliphatic carboxylic acids is 1. The molecule has 166 valence electrons. The van der Waals surface area contributed by atoms with Crippen LogP contribution in [0.15, 0.2) is 24.3 Å². The number of rotatable bonds is 12. The van der Waals surface area contributed by atoms with E-state index in [1.807, 2.05) is 6.92 Å². The van der Waals surface area contributed by atoms with Gasteiger partial charge in [-0.3, -0.25) is 24.8 Å². The number of anilines is 1. The van der Waals surface area contributed by atoms with E-state index in [0.717, 1.165) is 12.1 Å². The van der Waals surface area contributed by atoms with Gasteiger partial charge < -0.3 is 15.2 Å². The largest absolute Gasteiger partial charge is 0.494 e. The van der Waals surface area contributed by atoms with Gasteiger partial charge in [-0.2, -0.15) is 0 Å². The third kappa shape index (κ3) is 8.71. The molecule has 3 N–H and O–H groups in total. The van der Waals surface area contributed by atoms with Crippen LogP contribution in [0, 0.1) is 5.92 Å². The second kappa shape index (κ2) is 12.7. The lowest BCUT2D eigenvalue weighted by atomic mass is 10.0. The zero-order valence-electron chi connectivity index (χ0n) is 17.7. The van der Waals surface area contributed by atoms with E-state index in [1.165, 1.54) is 30.7 Å². The summed E-state index contributed by atoms with van der Waals surface area (Å²) in [6, 6.07) is 7.10. The predicted molar refractivity (Wildman–Crippen MR) is 114 cm³/mol. The highest BCUT2D eigenvalue weighted by Gasteiger charge is 2.18. The van der Waals surface area contributed by atoms with E-state index in [-0.39, 0.29) is 24.8 Å². The zero-order chi connectivity index (χ0) is 21.8. The number of carbonyl (C=O) groups excluding carboxylic acids is 2. The maximum absolute atomic E-state index is 12.4. The van der Waals surface area contributed by atoms with E-state index in [4.69, 9.17) is 9.84 Å². The van der Waals surface area contributed by atoms with Crippen LogP contribution in [0.1, 0.15) is 58.3 Å². The van der Waals surface area contributed by atoms with Crippen LogP contribution < -0.4 is 15.5 Å². The Morgan fingerprint density at radius 2 is 1.83 bits per heavy atom. The molecule has 1 saturated carbocycles. The summed E-state index contributed by atoms with van der Waals surface area (Å²) in [4.78, 5) is 35.1. The lowest BCUT2D eigenvalue weighted by Gasteiger charge is -2.22. The molecule has 2 amide bonds. The number of hydrogen-bond donors (Lipinski definition) is 3. The average Bonchev–Trinajstić information content (AvgIpc) is 3.26. The van der Waals surface area contributed by atoms with Crippen molar-refractivity contribution in [3.8, 4) is 5.75 Å². The lowest BCUT2D eigenvalue weighted by Crippen LogP contribution is -2.48. The first-order valence-corrected chi connectivity index (χ1v) is 10.8. The third-order valence-electron chi connectivity index (χ3n) is 5.23. The Labute approximate surface area is 177 Å². The van der Waals surface area contributed by atoms with Crippen molar-refractivity contribution in [2.45, 2.75) is 58.3 Å². The number of nitrogens with zero attached hydrogens (tertiary/aromatic N) is 1. The molecule has 0 aliphatic heterocycles. The Hall–Kier alpha value is -2.77. The standard InChI is InChI=1S/C22H33N3O5/c1-2-25(24-20(26)14-9-17-6-3-4-7-17)21(27)16-23-18-10-12-19(13-11-18)30-15-5-8-22(28)29/h10-13,17,23H,2-9,14-16H2,1H3,(H,24,26)(H,28,29). The fraction of sp³-hybridized carbons (Fsp3) is 0.591. The molecule has 1 aliphatic rings. The summed E-state index contributed by atoms with van der Waals surface area (Å²) in [5.74, 6) is 0.130. The Morgan fingerprint density at radius 1 is 1.13 bits per heavy atom. The van der Waals surface area contributed by atoms with Gasteiger partial charge in [0.1, 0.15) is 5.75 Å². The molecule has 30 heavy (non-hydrogen) atoms. The summed E-state index contributed by atoms with van der Waals surface area (Å²) in [7, 11) is 0. The number of benzene rings is 1. The summed E-state index contributed by atoms with van der Waals surface area (Å²) in [6.45, 7) is 2.63. The molecule has 8 nitrogen and oxygen atoms in total. The molecule has 0 aromatic heterocycles. The summed E-state index contributed by atoms with van der Waals surface area (Å²) in [5.41, 5.74) is 3.47. The maximum atomic E-state index is 12.4. The van der Waals surface area contributed by atoms with Crippen LogP contribution in [0.4, 0.5) is 5.69 Å². The number of hydrogen-bond acceptors (Lipinski definition) is 5. The predicted octanol–water partition coefficient (Wildman–Crippen LogP) is 3.19. The first-order valence-electron chi connectivity index (χ1n) is 10.8. The molecule has 0 radical (unpaired) electrons. The summed E-state index contributed by atoms with van der Waals surface area (Å²) < 4.78 is 5.48. The van der Waals surface area contributed by atoms with Gasteiger partial charge in [-0.05, 0) is 49.9 Å². The number of carboxylic acid groups (broad SMARTS) is 1. The molecule has 0 unspecified atom stereocenters. The molecule has 1 fully saturated rings. The second-order valence-electron chi connectivity index (χ2n) is 7.59. The Kier molecular flexibility index (Phi) is 9.97. The van der Waals surface area contributed by atoms with Crippen molar-refractivity contribution >= 4 is 23.5 Å². The van der Waals surface area contributed by atoms with Crippen molar-refractivity contribution in [1.82, 2.24) is 10.4 Å². The van der Waals surface area contributed by atoms with Crippen molar-refractivity contribution in [3.05, 3.63) is 24.3 Å². The highest BCUT2D eigenvalue weighted by atomic mass is 16.5. The molecule has 2 rings (SSSR count). The van der Waals surface area contributed by atoms with Gasteiger partial charge >= 0.3 is 5.97 Å². The molecule has 1 aliphatic carbocycles. The monoisotopic (exact) mass is 419 g/mol. The van der Waals surface area contributed by atoms with E-state index in [9.17, 15) is 14.4 Å². The van der Waals surface area contributed by atoms with Crippen LogP contribution in [0.25, 0.3) is 0 Å². The van der Waals surface area contributed by atoms with Crippen molar-refractivity contribution < 1.29 is 24.2 Å². The van der Waals surface area contributed by atoms with Crippen LogP contribution in [-0.4, -0.2) is 47.6 Å². The smallest absolute Gasteiger partial charge is 0.303 e. The number of carbonyl (C=O) groups is 3. The van der Waals surface area contributed by atoms with E-state index < -0.39 is 5.97 Å². The zero-order valence-corrected chi connectivity index (χ0v) is 17.7. The van der Waals surface area contributed by atoms with Crippen LogP contribution in [0.3, 0.4) is 0 Å². The number of nitrogens with one attached hydrogen (secondary N) is 2. The highest BCUT2D eigenvalue weighted by molar-refractivity contribution is 5.84. The Morgan fingerprint density at radius 3 is 2.47 bits per heavy atom. The summed E-state index contributed by atoms with van der Waals surface area (Å²) >= 11 is 0. The molecule has 0 bridgehead atoms. The topological polar surface area (TPSA) is 108 Å². The fourth-order valence-corrected chi connectivity index (χ4v) is 3.51. The van der Waals surface area contributed by atoms with E-state index in [2.05, 4.69) is 10.7 Å². The van der Waals surface area contributed by atoms with Crippen molar-refractivity contribution in [3.63, 3.8) is 0 Å². The van der Waals surface area contributed by atoms with Gasteiger partial charge in [0.25, 0.3) is 5.91 Å². The van der Waals surface area contributed by atoms with E-state index in [0.29, 0.717) is 37.7 Å². The minimum atomic E-state index is -0.839. The van der Waals surface area contributed by atoms with Gasteiger partial charge in [0, 0.05) is 25.1 Å². The molecule has 1 aromatic carbocycles. The molecular weight excluding hydrogens is 386 g/mol. The fourth-order valence-electron chi connectivity index (χ4n) is 3.51. The molecular formula is C22H33N3O5. The van der Waals surface area contributed by atoms with Gasteiger partial charge in [-0.25, -0.2) is 0 Å². The highest BCUT2D eigenvalue weighted by Crippen LogP contribution is 2.28. The van der Waals surface area contributed by atoms with Gasteiger partial charge in [-0.15, -0.1) is 0 Å². The molecule has 0 heterocycles. The van der Waals surface area contributed by atoms with Gasteiger partial charge in [-0.1, -0.05) is 25.7 Å². The quantitative estimate of drug-likeness (QED) is 0.355. The van der Waals surface area contributed by atoms with Crippen molar-refractivity contribution in [2.24, 2.45) is 5.92 Å². The third-order valence-corrected chi connectivity index (χ3v) is 5.23. The minimum absolute atomic E-state index is 0.0650. The minimum Gasteiger partial charge on any atom is -0.494 e. The SMILES string of the molecule is CCN(NC(=O)CCC1CCCC1)C(=O)CNc1ccc(OCCCC(=O)O)cc1. The molecule has 0 saturated heterocycles. The van der Waals surface area contributed by atoms with Crippen LogP contribution >= 0.6 is 0 Å². The molecule has 1 aromatic rings. The van der Waals surface area contributed by atoms with Gasteiger partial charge in [0.2, 0.25) is 5.91 Å². The lowest BCUT2D eigenvalue weighted by molar-refractivity contribution is -0.140. The number of hydrazine groups is 1. The van der Waals surface area contributed by atoms with Crippen LogP contribution in [0.2, 0.25) is 0 Å². The van der Waals surface area contributed by atoms with Crippen molar-refractivity contribution in [1.29, 1.82) is 0 Å². The first kappa shape index (κ1) is 23.5. The van der Waals surface area contributed by atoms with Gasteiger partial charge in [0.15, 0.2) is 0 Å². The summed E-state index contributed by atoms with van der Waals surface area (Å²) in [6.07, 6.45) is 6.80.